The van der Waals surface area contributed by atoms with E-state index >= 15 is 0 Å². The molecule has 0 fully saturated rings. The maximum atomic E-state index is 6.23. The molecule has 0 saturated heterocycles. The van der Waals surface area contributed by atoms with Gasteiger partial charge in [0.15, 0.2) is 0 Å². The van der Waals surface area contributed by atoms with Gasteiger partial charge in [0.1, 0.15) is 6.04 Å². The van der Waals surface area contributed by atoms with Crippen LogP contribution >= 0.6 is 24.0 Å². The van der Waals surface area contributed by atoms with Crippen molar-refractivity contribution in [2.75, 3.05) is 5.32 Å². The fourth-order valence-corrected chi connectivity index (χ4v) is 3.27. The van der Waals surface area contributed by atoms with E-state index in [0.29, 0.717) is 16.8 Å². The molecule has 0 bridgehead atoms. The Morgan fingerprint density at radius 2 is 1.72 bits per heavy atom. The van der Waals surface area contributed by atoms with E-state index < -0.39 is 0 Å². The van der Waals surface area contributed by atoms with Crippen LogP contribution in [-0.4, -0.2) is 10.2 Å². The lowest BCUT2D eigenvalue weighted by atomic mass is 10.1. The summed E-state index contributed by atoms with van der Waals surface area (Å²) in [6.45, 7) is 2.14. The SMILES string of the molecule is CCc1cccc(NC(c2cccc(Cl)c2)c2nnc(-c3ccccc3)o2)c1.Cl. The van der Waals surface area contributed by atoms with Gasteiger partial charge in [0.25, 0.3) is 0 Å². The number of aryl methyl sites for hydroxylation is 1. The molecule has 1 aromatic heterocycles. The molecule has 29 heavy (non-hydrogen) atoms. The lowest BCUT2D eigenvalue weighted by Crippen LogP contribution is -2.13. The highest BCUT2D eigenvalue weighted by atomic mass is 35.5. The second kappa shape index (κ2) is 9.59. The predicted molar refractivity (Wildman–Crippen MR) is 120 cm³/mol. The second-order valence-electron chi connectivity index (χ2n) is 6.50. The predicted octanol–water partition coefficient (Wildman–Crippen LogP) is 6.58. The third-order valence-corrected chi connectivity index (χ3v) is 4.77. The van der Waals surface area contributed by atoms with Gasteiger partial charge >= 0.3 is 0 Å². The number of hydrogen-bond acceptors (Lipinski definition) is 4. The fraction of sp³-hybridized carbons (Fsp3) is 0.130. The van der Waals surface area contributed by atoms with E-state index in [1.165, 1.54) is 5.56 Å². The van der Waals surface area contributed by atoms with Gasteiger partial charge in [0, 0.05) is 16.3 Å². The van der Waals surface area contributed by atoms with Gasteiger partial charge in [-0.1, -0.05) is 61.0 Å². The molecular weight excluding hydrogens is 405 g/mol. The Hall–Kier alpha value is -2.82. The molecule has 0 aliphatic rings. The summed E-state index contributed by atoms with van der Waals surface area (Å²) in [6.07, 6.45) is 0.968. The molecular formula is C23H21Cl2N3O. The molecule has 4 aromatic rings. The number of nitrogens with zero attached hydrogens (tertiary/aromatic N) is 2. The third kappa shape index (κ3) is 4.97. The van der Waals surface area contributed by atoms with Crippen molar-refractivity contribution in [1.29, 1.82) is 0 Å². The molecule has 1 atom stereocenters. The van der Waals surface area contributed by atoms with Crippen molar-refractivity contribution in [1.82, 2.24) is 10.2 Å². The smallest absolute Gasteiger partial charge is 0.247 e. The molecule has 0 amide bonds. The van der Waals surface area contributed by atoms with Crippen molar-refractivity contribution < 1.29 is 4.42 Å². The zero-order chi connectivity index (χ0) is 19.3. The fourth-order valence-electron chi connectivity index (χ4n) is 3.07. The number of aromatic nitrogens is 2. The summed E-state index contributed by atoms with van der Waals surface area (Å²) < 4.78 is 6.03. The first-order valence-corrected chi connectivity index (χ1v) is 9.60. The van der Waals surface area contributed by atoms with Crippen LogP contribution in [0.4, 0.5) is 5.69 Å². The van der Waals surface area contributed by atoms with Crippen LogP contribution in [0.5, 0.6) is 0 Å². The Kier molecular flexibility index (Phi) is 6.91. The molecule has 0 aliphatic carbocycles. The summed E-state index contributed by atoms with van der Waals surface area (Å²) in [5.41, 5.74) is 4.09. The normalized spacial score (nSPS) is 11.5. The van der Waals surface area contributed by atoms with Gasteiger partial charge in [-0.05, 0) is 53.9 Å². The average molecular weight is 426 g/mol. The average Bonchev–Trinajstić information content (AvgIpc) is 3.23. The summed E-state index contributed by atoms with van der Waals surface area (Å²) in [5.74, 6) is 0.981. The van der Waals surface area contributed by atoms with Crippen LogP contribution in [0.1, 0.15) is 30.0 Å². The van der Waals surface area contributed by atoms with Gasteiger partial charge < -0.3 is 9.73 Å². The number of rotatable bonds is 6. The molecule has 0 radical (unpaired) electrons. The van der Waals surface area contributed by atoms with Crippen molar-refractivity contribution in [3.8, 4) is 11.5 Å². The summed E-state index contributed by atoms with van der Waals surface area (Å²) in [5, 5.41) is 12.7. The first-order valence-electron chi connectivity index (χ1n) is 9.22. The van der Waals surface area contributed by atoms with Crippen molar-refractivity contribution >= 4 is 29.7 Å². The molecule has 0 saturated carbocycles. The number of benzene rings is 3. The van der Waals surface area contributed by atoms with Gasteiger partial charge in [-0.15, -0.1) is 22.6 Å². The van der Waals surface area contributed by atoms with E-state index in [9.17, 15) is 0 Å². The first-order chi connectivity index (χ1) is 13.7. The standard InChI is InChI=1S/C23H20ClN3O.ClH/c1-2-16-8-6-13-20(14-16)25-21(18-11-7-12-19(24)15-18)23-27-26-22(28-23)17-9-4-3-5-10-17;/h3-15,21,25H,2H2,1H3;1H. The minimum Gasteiger partial charge on any atom is -0.418 e. The minimum atomic E-state index is -0.309. The molecule has 1 unspecified atom stereocenters. The van der Waals surface area contributed by atoms with Crippen LogP contribution in [0.2, 0.25) is 5.02 Å². The van der Waals surface area contributed by atoms with Crippen LogP contribution in [0.25, 0.3) is 11.5 Å². The topological polar surface area (TPSA) is 51.0 Å². The van der Waals surface area contributed by atoms with Crippen molar-refractivity contribution in [2.24, 2.45) is 0 Å². The van der Waals surface area contributed by atoms with E-state index in [1.54, 1.807) is 0 Å². The highest BCUT2D eigenvalue weighted by Crippen LogP contribution is 2.30. The molecule has 1 heterocycles. The summed E-state index contributed by atoms with van der Waals surface area (Å²) in [4.78, 5) is 0. The number of anilines is 1. The lowest BCUT2D eigenvalue weighted by molar-refractivity contribution is 0.494. The number of nitrogens with one attached hydrogen (secondary N) is 1. The molecule has 6 heteroatoms. The molecule has 148 valence electrons. The Morgan fingerprint density at radius 1 is 0.931 bits per heavy atom. The van der Waals surface area contributed by atoms with Crippen LogP contribution in [0.3, 0.4) is 0 Å². The monoisotopic (exact) mass is 425 g/mol. The minimum absolute atomic E-state index is 0. The third-order valence-electron chi connectivity index (χ3n) is 4.54. The molecule has 3 aromatic carbocycles. The summed E-state index contributed by atoms with van der Waals surface area (Å²) in [7, 11) is 0. The largest absolute Gasteiger partial charge is 0.418 e. The van der Waals surface area contributed by atoms with Gasteiger partial charge in [0.05, 0.1) is 0 Å². The summed E-state index contributed by atoms with van der Waals surface area (Å²) in [6, 6.07) is 25.4. The van der Waals surface area contributed by atoms with Crippen LogP contribution in [0.15, 0.2) is 83.3 Å². The van der Waals surface area contributed by atoms with Crippen LogP contribution < -0.4 is 5.32 Å². The van der Waals surface area contributed by atoms with Crippen LogP contribution in [0, 0.1) is 0 Å². The molecule has 0 spiro atoms. The van der Waals surface area contributed by atoms with E-state index in [-0.39, 0.29) is 18.4 Å². The Morgan fingerprint density at radius 3 is 2.48 bits per heavy atom. The lowest BCUT2D eigenvalue weighted by Gasteiger charge is -2.18. The molecule has 4 rings (SSSR count). The van der Waals surface area contributed by atoms with E-state index in [4.69, 9.17) is 16.0 Å². The summed E-state index contributed by atoms with van der Waals surface area (Å²) >= 11 is 6.23. The molecule has 4 nitrogen and oxygen atoms in total. The Labute approximate surface area is 181 Å². The Balaban J connectivity index is 0.00000240. The van der Waals surface area contributed by atoms with E-state index in [2.05, 4.69) is 34.6 Å². The van der Waals surface area contributed by atoms with Crippen molar-refractivity contribution in [2.45, 2.75) is 19.4 Å². The van der Waals surface area contributed by atoms with E-state index in [0.717, 1.165) is 23.2 Å². The van der Waals surface area contributed by atoms with E-state index in [1.807, 2.05) is 66.7 Å². The zero-order valence-electron chi connectivity index (χ0n) is 15.9. The highest BCUT2D eigenvalue weighted by molar-refractivity contribution is 6.30. The van der Waals surface area contributed by atoms with Gasteiger partial charge in [-0.25, -0.2) is 0 Å². The zero-order valence-corrected chi connectivity index (χ0v) is 17.5. The van der Waals surface area contributed by atoms with Gasteiger partial charge in [-0.3, -0.25) is 0 Å². The second-order valence-corrected chi connectivity index (χ2v) is 6.93. The van der Waals surface area contributed by atoms with Crippen molar-refractivity contribution in [3.05, 3.63) is 101 Å². The Bertz CT molecular complexity index is 1070. The highest BCUT2D eigenvalue weighted by Gasteiger charge is 2.22. The molecule has 1 N–H and O–H groups in total. The number of hydrogen-bond donors (Lipinski definition) is 1. The first kappa shape index (κ1) is 20.9. The van der Waals surface area contributed by atoms with Gasteiger partial charge in [-0.2, -0.15) is 0 Å². The van der Waals surface area contributed by atoms with Crippen molar-refractivity contribution in [3.63, 3.8) is 0 Å². The van der Waals surface area contributed by atoms with Gasteiger partial charge in [0.2, 0.25) is 11.8 Å². The van der Waals surface area contributed by atoms with Crippen LogP contribution in [-0.2, 0) is 6.42 Å². The maximum Gasteiger partial charge on any atom is 0.247 e. The number of halogens is 2. The quantitative estimate of drug-likeness (QED) is 0.379. The molecule has 0 aliphatic heterocycles. The maximum absolute atomic E-state index is 6.23.